The fourth-order valence-corrected chi connectivity index (χ4v) is 3.35. The van der Waals surface area contributed by atoms with Crippen molar-refractivity contribution in [3.8, 4) is 0 Å². The van der Waals surface area contributed by atoms with Crippen LogP contribution in [0.25, 0.3) is 0 Å². The van der Waals surface area contributed by atoms with Crippen molar-refractivity contribution in [3.05, 3.63) is 10.2 Å². The second kappa shape index (κ2) is 5.06. The number of nitrogens with one attached hydrogen (secondary N) is 1. The molecule has 0 atom stereocenters. The lowest BCUT2D eigenvalue weighted by Gasteiger charge is -2.08. The maximum Gasteiger partial charge on any atom is 0.413 e. The molecule has 17 heavy (non-hydrogen) atoms. The number of hydrogen-bond acceptors (Lipinski definition) is 5. The van der Waals surface area contributed by atoms with Gasteiger partial charge in [0.2, 0.25) is 0 Å². The molecule has 0 radical (unpaired) electrons. The van der Waals surface area contributed by atoms with Crippen LogP contribution in [0.3, 0.4) is 0 Å². The number of aryl methyl sites for hydroxylation is 1. The Morgan fingerprint density at radius 2 is 2.12 bits per heavy atom. The summed E-state index contributed by atoms with van der Waals surface area (Å²) in [6.07, 6.45) is -4.62. The van der Waals surface area contributed by atoms with Gasteiger partial charge in [-0.25, -0.2) is 13.4 Å². The van der Waals surface area contributed by atoms with Gasteiger partial charge < -0.3 is 0 Å². The number of halogens is 4. The van der Waals surface area contributed by atoms with Crippen molar-refractivity contribution in [2.24, 2.45) is 0 Å². The van der Waals surface area contributed by atoms with E-state index in [1.807, 2.05) is 0 Å². The maximum atomic E-state index is 11.7. The fourth-order valence-electron chi connectivity index (χ4n) is 0.827. The third-order valence-electron chi connectivity index (χ3n) is 1.38. The van der Waals surface area contributed by atoms with Gasteiger partial charge in [0, 0.05) is 0 Å². The number of aromatic nitrogens is 1. The third-order valence-corrected chi connectivity index (χ3v) is 4.46. The van der Waals surface area contributed by atoms with Gasteiger partial charge in [-0.1, -0.05) is 27.8 Å². The summed E-state index contributed by atoms with van der Waals surface area (Å²) in [5.74, 6) is 0. The Kier molecular flexibility index (Phi) is 4.36. The first kappa shape index (κ1) is 14.6. The predicted molar refractivity (Wildman–Crippen MR) is 54.2 cm³/mol. The molecule has 1 N–H and O–H groups in total. The summed E-state index contributed by atoms with van der Waals surface area (Å²) in [4.78, 5) is 8.83. The van der Waals surface area contributed by atoms with E-state index in [4.69, 9.17) is 11.6 Å². The highest BCUT2D eigenvalue weighted by atomic mass is 35.5. The number of thiazole rings is 1. The molecule has 98 valence electrons. The lowest BCUT2D eigenvalue weighted by molar-refractivity contribution is -0.181. The summed E-state index contributed by atoms with van der Waals surface area (Å²) in [7, 11) is -4.19. The van der Waals surface area contributed by atoms with Crippen molar-refractivity contribution in [2.45, 2.75) is 17.3 Å². The number of alkyl halides is 3. The van der Waals surface area contributed by atoms with Crippen LogP contribution in [0.15, 0.2) is 4.21 Å². The second-order valence-electron chi connectivity index (χ2n) is 2.83. The fraction of sp³-hybridized carbons (Fsp3) is 0.500. The molecule has 1 aromatic rings. The second-order valence-corrected chi connectivity index (χ2v) is 6.25. The van der Waals surface area contributed by atoms with E-state index >= 15 is 0 Å². The highest BCUT2D eigenvalue weighted by Gasteiger charge is 2.30. The first-order chi connectivity index (χ1) is 7.62. The Balaban J connectivity index is 2.73. The zero-order valence-electron chi connectivity index (χ0n) is 8.21. The molecule has 0 unspecified atom stereocenters. The van der Waals surface area contributed by atoms with E-state index in [1.165, 1.54) is 11.8 Å². The Morgan fingerprint density at radius 3 is 2.53 bits per heavy atom. The largest absolute Gasteiger partial charge is 0.413 e. The average molecular weight is 311 g/mol. The minimum Gasteiger partial charge on any atom is -0.277 e. The lowest BCUT2D eigenvalue weighted by atomic mass is 10.6. The molecule has 11 heteroatoms. The van der Waals surface area contributed by atoms with Crippen LogP contribution in [0.2, 0.25) is 4.47 Å². The van der Waals surface area contributed by atoms with Gasteiger partial charge in [0.25, 0.3) is 10.0 Å². The average Bonchev–Trinajstić information content (AvgIpc) is 2.43. The normalized spacial score (nSPS) is 13.0. The Bertz CT molecular complexity index is 499. The summed E-state index contributed by atoms with van der Waals surface area (Å²) in [6, 6.07) is 0. The van der Waals surface area contributed by atoms with E-state index in [2.05, 4.69) is 9.82 Å². The number of sulfonamides is 1. The van der Waals surface area contributed by atoms with Crippen molar-refractivity contribution in [1.82, 2.24) is 9.87 Å². The molecule has 1 heterocycles. The summed E-state index contributed by atoms with van der Waals surface area (Å²) in [5, 5.41) is 0. The minimum atomic E-state index is -4.62. The van der Waals surface area contributed by atoms with Gasteiger partial charge >= 0.3 is 6.18 Å². The Morgan fingerprint density at radius 1 is 1.53 bits per heavy atom. The van der Waals surface area contributed by atoms with E-state index in [9.17, 15) is 21.6 Å². The van der Waals surface area contributed by atoms with Gasteiger partial charge in [0.15, 0.2) is 15.3 Å². The van der Waals surface area contributed by atoms with Crippen molar-refractivity contribution in [3.63, 3.8) is 0 Å². The van der Waals surface area contributed by atoms with Crippen LogP contribution in [-0.2, 0) is 14.9 Å². The number of hydrogen-bond donors (Lipinski definition) is 1. The van der Waals surface area contributed by atoms with E-state index < -0.39 is 22.8 Å². The zero-order chi connectivity index (χ0) is 13.3. The van der Waals surface area contributed by atoms with Crippen molar-refractivity contribution < 1.29 is 26.4 Å². The summed E-state index contributed by atoms with van der Waals surface area (Å²) >= 11 is 6.09. The third kappa shape index (κ3) is 4.39. The van der Waals surface area contributed by atoms with Crippen molar-refractivity contribution in [1.29, 1.82) is 0 Å². The van der Waals surface area contributed by atoms with Gasteiger partial charge in [-0.15, -0.1) is 0 Å². The van der Waals surface area contributed by atoms with E-state index in [-0.39, 0.29) is 14.4 Å². The molecular weight excluding hydrogens is 305 g/mol. The van der Waals surface area contributed by atoms with Gasteiger partial charge in [0.1, 0.15) is 0 Å². The Labute approximate surface area is 104 Å². The molecule has 5 nitrogen and oxygen atoms in total. The first-order valence-corrected chi connectivity index (χ1v) is 6.63. The molecule has 1 rings (SSSR count). The van der Waals surface area contributed by atoms with Crippen LogP contribution in [0.5, 0.6) is 0 Å². The van der Waals surface area contributed by atoms with E-state index in [1.54, 1.807) is 0 Å². The molecule has 0 saturated heterocycles. The molecule has 1 aromatic heterocycles. The summed E-state index contributed by atoms with van der Waals surface area (Å²) in [6.45, 7) is -0.363. The minimum absolute atomic E-state index is 0.0290. The molecular formula is C6H6ClF3N2O3S2. The molecule has 0 fully saturated rings. The van der Waals surface area contributed by atoms with Crippen molar-refractivity contribution >= 4 is 33.0 Å². The lowest BCUT2D eigenvalue weighted by Crippen LogP contribution is -2.29. The highest BCUT2D eigenvalue weighted by Crippen LogP contribution is 2.26. The monoisotopic (exact) mass is 310 g/mol. The van der Waals surface area contributed by atoms with Crippen molar-refractivity contribution in [2.75, 3.05) is 6.61 Å². The first-order valence-electron chi connectivity index (χ1n) is 3.95. The molecule has 0 amide bonds. The van der Waals surface area contributed by atoms with Gasteiger partial charge in [0.05, 0.1) is 5.69 Å². The van der Waals surface area contributed by atoms with Gasteiger partial charge in [-0.05, 0) is 6.92 Å². The molecule has 0 aliphatic rings. The quantitative estimate of drug-likeness (QED) is 0.862. The molecule has 0 aliphatic heterocycles. The standard InChI is InChI=1S/C6H6ClF3N2O3S2/c1-3-4(16-5(7)11-3)17(13,14)12-15-2-6(8,9)10/h12H,2H2,1H3. The van der Waals surface area contributed by atoms with Gasteiger partial charge in [-0.3, -0.25) is 4.84 Å². The maximum absolute atomic E-state index is 11.7. The highest BCUT2D eigenvalue weighted by molar-refractivity contribution is 7.91. The molecule has 0 bridgehead atoms. The van der Waals surface area contributed by atoms with Crippen LogP contribution in [0.4, 0.5) is 13.2 Å². The molecule has 0 aromatic carbocycles. The molecule has 0 saturated carbocycles. The molecule has 0 aliphatic carbocycles. The van der Waals surface area contributed by atoms with Crippen LogP contribution in [-0.4, -0.2) is 26.2 Å². The summed E-state index contributed by atoms with van der Waals surface area (Å²) < 4.78 is 57.8. The van der Waals surface area contributed by atoms with Gasteiger partial charge in [-0.2, -0.15) is 13.2 Å². The zero-order valence-corrected chi connectivity index (χ0v) is 10.6. The van der Waals surface area contributed by atoms with E-state index in [0.717, 1.165) is 0 Å². The van der Waals surface area contributed by atoms with Crippen LogP contribution in [0.1, 0.15) is 5.69 Å². The predicted octanol–water partition coefficient (Wildman–Crippen LogP) is 1.88. The SMILES string of the molecule is Cc1nc(Cl)sc1S(=O)(=O)NOCC(F)(F)F. The molecule has 0 spiro atoms. The topological polar surface area (TPSA) is 68.3 Å². The van der Waals surface area contributed by atoms with Crippen LogP contribution < -0.4 is 4.89 Å². The number of nitrogens with zero attached hydrogens (tertiary/aromatic N) is 1. The number of rotatable bonds is 4. The van der Waals surface area contributed by atoms with Crippen LogP contribution in [0, 0.1) is 6.92 Å². The van der Waals surface area contributed by atoms with E-state index in [0.29, 0.717) is 11.3 Å². The Hall–Kier alpha value is -0.420. The summed E-state index contributed by atoms with van der Waals surface area (Å²) in [5.41, 5.74) is 0.0862. The van der Waals surface area contributed by atoms with Crippen LogP contribution >= 0.6 is 22.9 Å². The smallest absolute Gasteiger partial charge is 0.277 e.